The van der Waals surface area contributed by atoms with Crippen LogP contribution in [0.15, 0.2) is 114 Å². The monoisotopic (exact) mass is 570 g/mol. The second kappa shape index (κ2) is 8.99. The van der Waals surface area contributed by atoms with Crippen molar-refractivity contribution >= 4 is 34.3 Å². The van der Waals surface area contributed by atoms with Gasteiger partial charge in [0.05, 0.1) is 22.8 Å². The highest BCUT2D eigenvalue weighted by atomic mass is 32.2. The molecule has 0 saturated carbocycles. The number of allylic oxidation sites excluding steroid dienone is 4. The Balaban J connectivity index is 1.25. The quantitative estimate of drug-likeness (QED) is 0.211. The molecule has 3 aliphatic carbocycles. The van der Waals surface area contributed by atoms with Crippen LogP contribution in [0.4, 0.5) is 0 Å². The van der Waals surface area contributed by atoms with Gasteiger partial charge in [-0.15, -0.1) is 11.8 Å². The number of hydrogen-bond acceptors (Lipinski definition) is 2. The first-order valence-electron chi connectivity index (χ1n) is 15.2. The summed E-state index contributed by atoms with van der Waals surface area (Å²) in [6.07, 6.45) is 11.5. The van der Waals surface area contributed by atoms with Crippen molar-refractivity contribution in [2.75, 3.05) is 0 Å². The van der Waals surface area contributed by atoms with E-state index in [4.69, 9.17) is 0 Å². The molecule has 0 spiro atoms. The van der Waals surface area contributed by atoms with E-state index in [1.165, 1.54) is 66.0 Å². The molecule has 0 bridgehead atoms. The number of nitrogens with zero attached hydrogens (tertiary/aromatic N) is 2. The Morgan fingerprint density at radius 2 is 1.72 bits per heavy atom. The fourth-order valence-corrected chi connectivity index (χ4v) is 9.78. The molecule has 2 unspecified atom stereocenters. The molecule has 4 aliphatic rings. The Hall–Kier alpha value is -4.52. The van der Waals surface area contributed by atoms with Crippen molar-refractivity contribution in [3.05, 3.63) is 142 Å². The van der Waals surface area contributed by atoms with Crippen LogP contribution in [0.3, 0.4) is 0 Å². The fourth-order valence-electron chi connectivity index (χ4n) is 8.12. The van der Waals surface area contributed by atoms with E-state index in [0.29, 0.717) is 16.7 Å². The minimum absolute atomic E-state index is 0.00880. The predicted molar refractivity (Wildman–Crippen MR) is 179 cm³/mol. The number of benzene rings is 4. The Morgan fingerprint density at radius 1 is 0.884 bits per heavy atom. The number of rotatable bonds is 2. The van der Waals surface area contributed by atoms with Gasteiger partial charge in [0, 0.05) is 43.7 Å². The number of fused-ring (bicyclic) bond motifs is 9. The lowest BCUT2D eigenvalue weighted by Gasteiger charge is -2.27. The zero-order chi connectivity index (χ0) is 28.9. The fraction of sp³-hybridized carbons (Fsp3) is 0.175. The Kier molecular flexibility index (Phi) is 5.23. The number of nitriles is 1. The molecule has 1 aliphatic heterocycles. The Labute approximate surface area is 256 Å². The maximum atomic E-state index is 9.99. The number of aromatic nitrogens is 1. The summed E-state index contributed by atoms with van der Waals surface area (Å²) < 4.78 is 2.44. The number of hydrogen-bond donors (Lipinski definition) is 0. The van der Waals surface area contributed by atoms with Gasteiger partial charge in [-0.25, -0.2) is 0 Å². The minimum Gasteiger partial charge on any atom is -0.312 e. The van der Waals surface area contributed by atoms with Gasteiger partial charge in [-0.1, -0.05) is 105 Å². The van der Waals surface area contributed by atoms with Gasteiger partial charge in [-0.2, -0.15) is 5.26 Å². The van der Waals surface area contributed by atoms with Gasteiger partial charge in [-0.3, -0.25) is 0 Å². The van der Waals surface area contributed by atoms with E-state index in [2.05, 4.69) is 128 Å². The second-order valence-corrected chi connectivity index (χ2v) is 13.8. The largest absolute Gasteiger partial charge is 0.312 e. The van der Waals surface area contributed by atoms with E-state index in [1.807, 2.05) is 17.8 Å². The average Bonchev–Trinajstić information content (AvgIpc) is 3.67. The van der Waals surface area contributed by atoms with E-state index in [1.54, 1.807) is 0 Å². The van der Waals surface area contributed by atoms with Crippen LogP contribution in [-0.4, -0.2) is 9.82 Å². The lowest BCUT2D eigenvalue weighted by Crippen LogP contribution is -2.19. The van der Waals surface area contributed by atoms with Crippen LogP contribution >= 0.6 is 11.8 Å². The van der Waals surface area contributed by atoms with Crippen LogP contribution in [0.2, 0.25) is 0 Å². The van der Waals surface area contributed by atoms with Crippen LogP contribution in [0.1, 0.15) is 59.7 Å². The first-order chi connectivity index (χ1) is 21.1. The van der Waals surface area contributed by atoms with Gasteiger partial charge in [0.25, 0.3) is 0 Å². The maximum absolute atomic E-state index is 9.99. The zero-order valence-corrected chi connectivity index (χ0v) is 25.1. The predicted octanol–water partition coefficient (Wildman–Crippen LogP) is 10.0. The summed E-state index contributed by atoms with van der Waals surface area (Å²) in [6, 6.07) is 33.3. The van der Waals surface area contributed by atoms with Crippen molar-refractivity contribution in [2.24, 2.45) is 0 Å². The minimum atomic E-state index is 0.00880. The van der Waals surface area contributed by atoms with Crippen LogP contribution < -0.4 is 0 Å². The molecule has 206 valence electrons. The third kappa shape index (κ3) is 3.36. The van der Waals surface area contributed by atoms with Crippen molar-refractivity contribution in [3.8, 4) is 22.9 Å². The van der Waals surface area contributed by atoms with Gasteiger partial charge in [-0.05, 0) is 64.4 Å². The molecule has 0 saturated heterocycles. The van der Waals surface area contributed by atoms with Gasteiger partial charge in [0.2, 0.25) is 0 Å². The summed E-state index contributed by atoms with van der Waals surface area (Å²) in [4.78, 5) is 1.37. The van der Waals surface area contributed by atoms with Crippen molar-refractivity contribution in [1.82, 2.24) is 4.57 Å². The van der Waals surface area contributed by atoms with Crippen LogP contribution in [0.5, 0.6) is 0 Å². The summed E-state index contributed by atoms with van der Waals surface area (Å²) in [7, 11) is 0. The normalized spacial score (nSPS) is 20.4. The molecule has 2 atom stereocenters. The molecule has 2 nitrogen and oxygen atoms in total. The van der Waals surface area contributed by atoms with Gasteiger partial charge in [0.1, 0.15) is 0 Å². The molecule has 4 aromatic carbocycles. The lowest BCUT2D eigenvalue weighted by atomic mass is 9.77. The van der Waals surface area contributed by atoms with Crippen molar-refractivity contribution in [1.29, 1.82) is 5.26 Å². The molecular weight excluding hydrogens is 541 g/mol. The summed E-state index contributed by atoms with van der Waals surface area (Å²) in [5.74, 6) is 0.341. The molecule has 9 rings (SSSR count). The molecule has 3 heteroatoms. The van der Waals surface area contributed by atoms with Gasteiger partial charge >= 0.3 is 0 Å². The Bertz CT molecular complexity index is 2160. The van der Waals surface area contributed by atoms with Crippen molar-refractivity contribution in [3.63, 3.8) is 0 Å². The summed E-state index contributed by atoms with van der Waals surface area (Å²) >= 11 is 2.04. The summed E-state index contributed by atoms with van der Waals surface area (Å²) in [5, 5.41) is 11.6. The molecule has 0 amide bonds. The molecule has 0 fully saturated rings. The molecule has 0 radical (unpaired) electrons. The highest BCUT2D eigenvalue weighted by Gasteiger charge is 2.46. The number of para-hydroxylation sites is 1. The SMILES string of the molecule is CC1(C)C2=C(c3ccccc31)C1Sc3c(-c4ccc(C#N)cc4-n4c5c(c6ccccc64)C=CCC5)cccc3C1C=C2. The van der Waals surface area contributed by atoms with Crippen LogP contribution in [-0.2, 0) is 11.8 Å². The Morgan fingerprint density at radius 3 is 2.63 bits per heavy atom. The highest BCUT2D eigenvalue weighted by Crippen LogP contribution is 2.61. The standard InChI is InChI=1S/C40H30N2S/c1-40(2)32-15-6-3-12-31(32)37-33(40)21-20-30-29-14-9-13-28(38(29)43-39(30)37)27-19-18-24(23-41)22-36(27)42-34-16-7-4-10-25(34)26-11-5-8-17-35(26)42/h3-7,9-16,18-22,30,39H,8,17H2,1-2H3. The molecular formula is C40H30N2S. The second-order valence-electron chi connectivity index (χ2n) is 12.6. The van der Waals surface area contributed by atoms with Gasteiger partial charge < -0.3 is 4.57 Å². The van der Waals surface area contributed by atoms with Crippen molar-refractivity contribution < 1.29 is 0 Å². The number of thioether (sulfide) groups is 1. The molecule has 0 N–H and O–H groups in total. The average molecular weight is 571 g/mol. The van der Waals surface area contributed by atoms with Crippen LogP contribution in [0.25, 0.3) is 39.4 Å². The van der Waals surface area contributed by atoms with E-state index in [-0.39, 0.29) is 5.41 Å². The topological polar surface area (TPSA) is 28.7 Å². The summed E-state index contributed by atoms with van der Waals surface area (Å²) in [6.45, 7) is 4.74. The zero-order valence-electron chi connectivity index (χ0n) is 24.3. The summed E-state index contributed by atoms with van der Waals surface area (Å²) in [5.41, 5.74) is 15.3. The van der Waals surface area contributed by atoms with Gasteiger partial charge in [0.15, 0.2) is 0 Å². The lowest BCUT2D eigenvalue weighted by molar-refractivity contribution is 0.650. The third-order valence-electron chi connectivity index (χ3n) is 10.1. The molecule has 1 aromatic heterocycles. The van der Waals surface area contributed by atoms with E-state index in [0.717, 1.165) is 18.5 Å². The first-order valence-corrected chi connectivity index (χ1v) is 16.1. The van der Waals surface area contributed by atoms with Crippen LogP contribution in [0, 0.1) is 11.3 Å². The van der Waals surface area contributed by atoms with E-state index < -0.39 is 0 Å². The van der Waals surface area contributed by atoms with Crippen molar-refractivity contribution in [2.45, 2.75) is 48.2 Å². The molecule has 43 heavy (non-hydrogen) atoms. The highest BCUT2D eigenvalue weighted by molar-refractivity contribution is 8.01. The van der Waals surface area contributed by atoms with E-state index in [9.17, 15) is 5.26 Å². The molecule has 5 aromatic rings. The smallest absolute Gasteiger partial charge is 0.0992 e. The third-order valence-corrected chi connectivity index (χ3v) is 11.6. The molecule has 2 heterocycles. The van der Waals surface area contributed by atoms with E-state index >= 15 is 0 Å². The maximum Gasteiger partial charge on any atom is 0.0992 e. The first kappa shape index (κ1) is 25.0.